The molecule has 1 saturated heterocycles. The molecule has 3 rings (SSSR count). The first-order valence-corrected chi connectivity index (χ1v) is 9.37. The normalized spacial score (nSPS) is 20.5. The van der Waals surface area contributed by atoms with Crippen LogP contribution in [0.2, 0.25) is 0 Å². The lowest BCUT2D eigenvalue weighted by Crippen LogP contribution is -2.47. The van der Waals surface area contributed by atoms with Crippen LogP contribution in [0, 0.1) is 5.92 Å². The second kappa shape index (κ2) is 8.20. The third kappa shape index (κ3) is 4.29. The van der Waals surface area contributed by atoms with E-state index in [-0.39, 0.29) is 29.8 Å². The van der Waals surface area contributed by atoms with Crippen LogP contribution in [0.4, 0.5) is 13.2 Å². The van der Waals surface area contributed by atoms with Gasteiger partial charge in [-0.3, -0.25) is 9.59 Å². The van der Waals surface area contributed by atoms with Gasteiger partial charge >= 0.3 is 6.18 Å². The first-order chi connectivity index (χ1) is 13.3. The average Bonchev–Trinajstić information content (AvgIpc) is 2.72. The lowest BCUT2D eigenvalue weighted by molar-refractivity contribution is -0.140. The number of hydrogen-bond donors (Lipinski definition) is 0. The molecule has 0 spiro atoms. The molecule has 2 aliphatic heterocycles. The van der Waals surface area contributed by atoms with Crippen molar-refractivity contribution in [1.82, 2.24) is 9.80 Å². The molecule has 1 fully saturated rings. The largest absolute Gasteiger partial charge is 0.416 e. The Bertz CT molecular complexity index is 801. The zero-order valence-corrected chi connectivity index (χ0v) is 15.5. The number of halogens is 3. The fraction of sp³-hybridized carbons (Fsp3) is 0.429. The van der Waals surface area contributed by atoms with Crippen molar-refractivity contribution < 1.29 is 22.8 Å². The van der Waals surface area contributed by atoms with Gasteiger partial charge < -0.3 is 9.80 Å². The van der Waals surface area contributed by atoms with E-state index in [0.29, 0.717) is 38.0 Å². The average molecular weight is 392 g/mol. The summed E-state index contributed by atoms with van der Waals surface area (Å²) in [6.07, 6.45) is 0.393. The molecule has 1 aromatic carbocycles. The molecule has 7 heteroatoms. The predicted octanol–water partition coefficient (Wildman–Crippen LogP) is 3.75. The van der Waals surface area contributed by atoms with Gasteiger partial charge in [0.15, 0.2) is 0 Å². The minimum absolute atomic E-state index is 0.0408. The van der Waals surface area contributed by atoms with Gasteiger partial charge in [0.25, 0.3) is 0 Å². The van der Waals surface area contributed by atoms with Crippen LogP contribution in [0.15, 0.2) is 43.0 Å². The third-order valence-electron chi connectivity index (χ3n) is 5.36. The van der Waals surface area contributed by atoms with Crippen molar-refractivity contribution in [2.24, 2.45) is 5.92 Å². The number of alkyl halides is 3. The van der Waals surface area contributed by atoms with Crippen LogP contribution in [0.3, 0.4) is 0 Å². The molecule has 0 bridgehead atoms. The van der Waals surface area contributed by atoms with E-state index in [1.165, 1.54) is 18.2 Å². The quantitative estimate of drug-likeness (QED) is 0.736. The molecular formula is C21H23F3N2O2. The topological polar surface area (TPSA) is 40.6 Å². The highest BCUT2D eigenvalue weighted by Gasteiger charge is 2.35. The van der Waals surface area contributed by atoms with E-state index in [1.807, 2.05) is 0 Å². The zero-order chi connectivity index (χ0) is 20.3. The fourth-order valence-electron chi connectivity index (χ4n) is 3.89. The maximum Gasteiger partial charge on any atom is 0.416 e. The van der Waals surface area contributed by atoms with Gasteiger partial charge in [-0.15, -0.1) is 0 Å². The molecule has 1 aromatic rings. The van der Waals surface area contributed by atoms with E-state index in [9.17, 15) is 22.8 Å². The second-order valence-electron chi connectivity index (χ2n) is 7.13. The van der Waals surface area contributed by atoms with Crippen LogP contribution in [0.5, 0.6) is 0 Å². The first kappa shape index (κ1) is 20.2. The van der Waals surface area contributed by atoms with Gasteiger partial charge in [0.2, 0.25) is 11.8 Å². The predicted molar refractivity (Wildman–Crippen MR) is 100 cm³/mol. The highest BCUT2D eigenvalue weighted by atomic mass is 19.4. The number of nitrogens with zero attached hydrogens (tertiary/aromatic N) is 2. The molecule has 4 nitrogen and oxygen atoms in total. The molecule has 2 heterocycles. The third-order valence-corrected chi connectivity index (χ3v) is 5.36. The van der Waals surface area contributed by atoms with Gasteiger partial charge in [-0.1, -0.05) is 30.9 Å². The van der Waals surface area contributed by atoms with E-state index < -0.39 is 11.7 Å². The van der Waals surface area contributed by atoms with E-state index in [2.05, 4.69) is 6.58 Å². The van der Waals surface area contributed by atoms with Crippen molar-refractivity contribution in [3.63, 3.8) is 0 Å². The second-order valence-corrected chi connectivity index (χ2v) is 7.13. The van der Waals surface area contributed by atoms with E-state index in [4.69, 9.17) is 0 Å². The van der Waals surface area contributed by atoms with Gasteiger partial charge in [0.1, 0.15) is 0 Å². The molecule has 0 aromatic heterocycles. The highest BCUT2D eigenvalue weighted by Crippen LogP contribution is 2.36. The molecular weight excluding hydrogens is 369 g/mol. The molecule has 28 heavy (non-hydrogen) atoms. The Balaban J connectivity index is 1.70. The van der Waals surface area contributed by atoms with Gasteiger partial charge in [0, 0.05) is 26.2 Å². The smallest absolute Gasteiger partial charge is 0.338 e. The van der Waals surface area contributed by atoms with E-state index >= 15 is 0 Å². The fourth-order valence-corrected chi connectivity index (χ4v) is 3.89. The molecule has 2 amide bonds. The monoisotopic (exact) mass is 392 g/mol. The van der Waals surface area contributed by atoms with Gasteiger partial charge in [0.05, 0.1) is 11.5 Å². The number of carbonyl (C=O) groups is 2. The Morgan fingerprint density at radius 1 is 1.14 bits per heavy atom. The maximum absolute atomic E-state index is 13.3. The summed E-state index contributed by atoms with van der Waals surface area (Å²) in [7, 11) is 0. The number of likely N-dealkylation sites (tertiary alicyclic amines) is 1. The Kier molecular flexibility index (Phi) is 5.91. The maximum atomic E-state index is 13.3. The van der Waals surface area contributed by atoms with Crippen molar-refractivity contribution in [2.75, 3.05) is 26.2 Å². The summed E-state index contributed by atoms with van der Waals surface area (Å²) in [5, 5.41) is 0. The Labute approximate surface area is 162 Å². The number of hydrogen-bond acceptors (Lipinski definition) is 2. The molecule has 0 N–H and O–H groups in total. The van der Waals surface area contributed by atoms with Gasteiger partial charge in [-0.25, -0.2) is 0 Å². The summed E-state index contributed by atoms with van der Waals surface area (Å²) in [6.45, 7) is 5.13. The van der Waals surface area contributed by atoms with Crippen LogP contribution >= 0.6 is 0 Å². The van der Waals surface area contributed by atoms with Crippen LogP contribution in [-0.4, -0.2) is 47.8 Å². The van der Waals surface area contributed by atoms with Crippen LogP contribution in [0.1, 0.15) is 30.4 Å². The molecule has 1 unspecified atom stereocenters. The number of amides is 2. The minimum Gasteiger partial charge on any atom is -0.338 e. The summed E-state index contributed by atoms with van der Waals surface area (Å²) in [5.74, 6) is -0.488. The van der Waals surface area contributed by atoms with Crippen molar-refractivity contribution in [3.05, 3.63) is 54.1 Å². The SMILES string of the molecule is C=CC(=O)N1CCCC(C(=O)N2CC=C(c3ccccc3C(F)(F)F)CC2)C1. The van der Waals surface area contributed by atoms with Gasteiger partial charge in [-0.05, 0) is 42.5 Å². The minimum atomic E-state index is -4.41. The molecule has 1 atom stereocenters. The molecule has 150 valence electrons. The van der Waals surface area contributed by atoms with Crippen LogP contribution < -0.4 is 0 Å². The lowest BCUT2D eigenvalue weighted by atomic mass is 9.92. The molecule has 0 saturated carbocycles. The summed E-state index contributed by atoms with van der Waals surface area (Å²) in [6, 6.07) is 5.54. The van der Waals surface area contributed by atoms with Crippen molar-refractivity contribution in [3.8, 4) is 0 Å². The van der Waals surface area contributed by atoms with Crippen molar-refractivity contribution >= 4 is 17.4 Å². The highest BCUT2D eigenvalue weighted by molar-refractivity contribution is 5.88. The number of rotatable bonds is 3. The molecule has 0 aliphatic carbocycles. The van der Waals surface area contributed by atoms with Crippen LogP contribution in [-0.2, 0) is 15.8 Å². The van der Waals surface area contributed by atoms with Crippen LogP contribution in [0.25, 0.3) is 5.57 Å². The Morgan fingerprint density at radius 3 is 2.54 bits per heavy atom. The van der Waals surface area contributed by atoms with Crippen molar-refractivity contribution in [1.29, 1.82) is 0 Å². The summed E-state index contributed by atoms with van der Waals surface area (Å²) in [5.41, 5.74) is 0.151. The lowest BCUT2D eigenvalue weighted by Gasteiger charge is -2.35. The number of benzene rings is 1. The summed E-state index contributed by atoms with van der Waals surface area (Å²) >= 11 is 0. The standard InChI is InChI=1S/C21H23F3N2O2/c1-2-19(27)26-11-5-6-16(14-26)20(28)25-12-9-15(10-13-25)17-7-3-4-8-18(17)21(22,23)24/h2-4,7-9,16H,1,5-6,10-14H2. The van der Waals surface area contributed by atoms with Gasteiger partial charge in [-0.2, -0.15) is 13.2 Å². The summed E-state index contributed by atoms with van der Waals surface area (Å²) in [4.78, 5) is 27.9. The van der Waals surface area contributed by atoms with Crippen molar-refractivity contribution in [2.45, 2.75) is 25.4 Å². The first-order valence-electron chi connectivity index (χ1n) is 9.37. The zero-order valence-electron chi connectivity index (χ0n) is 15.5. The van der Waals surface area contributed by atoms with E-state index in [0.717, 1.165) is 12.5 Å². The molecule has 0 radical (unpaired) electrons. The number of piperidine rings is 1. The number of carbonyl (C=O) groups excluding carboxylic acids is 2. The van der Waals surface area contributed by atoms with E-state index in [1.54, 1.807) is 21.9 Å². The molecule has 2 aliphatic rings. The summed E-state index contributed by atoms with van der Waals surface area (Å²) < 4.78 is 39.8. The Morgan fingerprint density at radius 2 is 1.89 bits per heavy atom. The Hall–Kier alpha value is -2.57.